The Balaban J connectivity index is 1.92. The van der Waals surface area contributed by atoms with Gasteiger partial charge in [0, 0.05) is 30.3 Å². The first kappa shape index (κ1) is 14.4. The number of hydrogen-bond acceptors (Lipinski definition) is 4. The molecule has 0 aliphatic carbocycles. The van der Waals surface area contributed by atoms with Gasteiger partial charge < -0.3 is 10.1 Å². The Hall–Kier alpha value is -2.53. The van der Waals surface area contributed by atoms with E-state index in [0.717, 1.165) is 28.5 Å². The van der Waals surface area contributed by atoms with Crippen LogP contribution in [0.15, 0.2) is 36.5 Å². The summed E-state index contributed by atoms with van der Waals surface area (Å²) >= 11 is 0. The van der Waals surface area contributed by atoms with Crippen LogP contribution in [0.3, 0.4) is 0 Å². The summed E-state index contributed by atoms with van der Waals surface area (Å²) < 4.78 is 0. The molecule has 0 radical (unpaired) electrons. The highest BCUT2D eigenvalue weighted by Gasteiger charge is 2.18. The van der Waals surface area contributed by atoms with Gasteiger partial charge in [-0.05, 0) is 24.2 Å². The first-order chi connectivity index (χ1) is 10.7. The number of carbonyl (C=O) groups excluding carboxylic acids is 2. The van der Waals surface area contributed by atoms with E-state index < -0.39 is 0 Å². The zero-order valence-corrected chi connectivity index (χ0v) is 12.4. The number of carbonyl (C=O) groups is 2. The highest BCUT2D eigenvalue weighted by molar-refractivity contribution is 5.92. The molecule has 112 valence electrons. The molecule has 5 nitrogen and oxygen atoms in total. The molecule has 0 atom stereocenters. The molecule has 0 fully saturated rings. The van der Waals surface area contributed by atoms with E-state index in [1.807, 2.05) is 36.2 Å². The van der Waals surface area contributed by atoms with Crippen LogP contribution in [-0.2, 0) is 22.6 Å². The lowest BCUT2D eigenvalue weighted by molar-refractivity contribution is -0.117. The summed E-state index contributed by atoms with van der Waals surface area (Å²) in [7, 11) is 1.91. The summed E-state index contributed by atoms with van der Waals surface area (Å²) in [6, 6.07) is 9.92. The molecule has 2 aromatic rings. The SMILES string of the molecule is CN1CC(=O)Nc2ncc(-c3ccc(CC=O)cc3)cc2C1. The summed E-state index contributed by atoms with van der Waals surface area (Å²) in [4.78, 5) is 28.6. The van der Waals surface area contributed by atoms with Gasteiger partial charge in [-0.1, -0.05) is 24.3 Å². The smallest absolute Gasteiger partial charge is 0.239 e. The number of rotatable bonds is 3. The van der Waals surface area contributed by atoms with Crippen molar-refractivity contribution in [1.29, 1.82) is 0 Å². The third kappa shape index (κ3) is 3.04. The lowest BCUT2D eigenvalue weighted by Crippen LogP contribution is -2.26. The van der Waals surface area contributed by atoms with Gasteiger partial charge in [0.15, 0.2) is 0 Å². The second-order valence-corrected chi connectivity index (χ2v) is 5.52. The summed E-state index contributed by atoms with van der Waals surface area (Å²) in [5.41, 5.74) is 4.04. The maximum absolute atomic E-state index is 11.7. The zero-order chi connectivity index (χ0) is 15.5. The van der Waals surface area contributed by atoms with E-state index in [2.05, 4.69) is 16.4 Å². The quantitative estimate of drug-likeness (QED) is 0.878. The van der Waals surface area contributed by atoms with Gasteiger partial charge in [0.25, 0.3) is 0 Å². The lowest BCUT2D eigenvalue weighted by Gasteiger charge is -2.12. The number of aldehydes is 1. The summed E-state index contributed by atoms with van der Waals surface area (Å²) in [5.74, 6) is 0.593. The van der Waals surface area contributed by atoms with Crippen LogP contribution >= 0.6 is 0 Å². The van der Waals surface area contributed by atoms with Crippen LogP contribution in [0.4, 0.5) is 5.82 Å². The van der Waals surface area contributed by atoms with Crippen molar-refractivity contribution < 1.29 is 9.59 Å². The van der Waals surface area contributed by atoms with E-state index in [1.54, 1.807) is 6.20 Å². The molecule has 1 aromatic heterocycles. The molecule has 5 heteroatoms. The first-order valence-electron chi connectivity index (χ1n) is 7.16. The van der Waals surface area contributed by atoms with Crippen LogP contribution < -0.4 is 5.32 Å². The van der Waals surface area contributed by atoms with Gasteiger partial charge in [-0.15, -0.1) is 0 Å². The van der Waals surface area contributed by atoms with Crippen molar-refractivity contribution in [2.24, 2.45) is 0 Å². The number of nitrogens with zero attached hydrogens (tertiary/aromatic N) is 2. The second-order valence-electron chi connectivity index (χ2n) is 5.52. The Morgan fingerprint density at radius 3 is 2.73 bits per heavy atom. The van der Waals surface area contributed by atoms with Crippen LogP contribution in [0.2, 0.25) is 0 Å². The molecule has 3 rings (SSSR count). The molecule has 1 amide bonds. The normalized spacial score (nSPS) is 14.9. The number of likely N-dealkylation sites (N-methyl/N-ethyl adjacent to an activating group) is 1. The molecule has 22 heavy (non-hydrogen) atoms. The molecular weight excluding hydrogens is 278 g/mol. The third-order valence-electron chi connectivity index (χ3n) is 3.68. The molecule has 2 heterocycles. The minimum atomic E-state index is -0.0419. The minimum Gasteiger partial charge on any atom is -0.309 e. The van der Waals surface area contributed by atoms with Crippen LogP contribution in [0, 0.1) is 0 Å². The van der Waals surface area contributed by atoms with Gasteiger partial charge in [0.2, 0.25) is 5.91 Å². The maximum atomic E-state index is 11.7. The topological polar surface area (TPSA) is 62.3 Å². The van der Waals surface area contributed by atoms with Gasteiger partial charge in [-0.25, -0.2) is 4.98 Å². The van der Waals surface area contributed by atoms with Crippen molar-refractivity contribution in [2.45, 2.75) is 13.0 Å². The van der Waals surface area contributed by atoms with Gasteiger partial charge in [-0.2, -0.15) is 0 Å². The molecule has 1 aliphatic heterocycles. The molecule has 0 saturated carbocycles. The number of fused-ring (bicyclic) bond motifs is 1. The van der Waals surface area contributed by atoms with Crippen LogP contribution in [0.1, 0.15) is 11.1 Å². The Morgan fingerprint density at radius 2 is 2.00 bits per heavy atom. The standard InChI is InChI=1S/C17H17N3O2/c1-20-10-15-8-14(9-18-17(15)19-16(22)11-20)13-4-2-12(3-5-13)6-7-21/h2-5,7-9H,6,10-11H2,1H3,(H,18,19,22). The summed E-state index contributed by atoms with van der Waals surface area (Å²) in [5, 5.41) is 2.83. The minimum absolute atomic E-state index is 0.0419. The van der Waals surface area contributed by atoms with Crippen molar-refractivity contribution in [3.63, 3.8) is 0 Å². The lowest BCUT2D eigenvalue weighted by atomic mass is 10.0. The zero-order valence-electron chi connectivity index (χ0n) is 12.4. The average molecular weight is 295 g/mol. The Morgan fingerprint density at radius 1 is 1.23 bits per heavy atom. The molecule has 1 aliphatic rings. The summed E-state index contributed by atoms with van der Waals surface area (Å²) in [6.45, 7) is 1.05. The van der Waals surface area contributed by atoms with Crippen LogP contribution in [-0.4, -0.2) is 35.7 Å². The summed E-state index contributed by atoms with van der Waals surface area (Å²) in [6.07, 6.45) is 3.09. The van der Waals surface area contributed by atoms with E-state index in [-0.39, 0.29) is 5.91 Å². The number of benzene rings is 1. The number of nitrogens with one attached hydrogen (secondary N) is 1. The highest BCUT2D eigenvalue weighted by Crippen LogP contribution is 2.25. The van der Waals surface area contributed by atoms with Gasteiger partial charge in [0.1, 0.15) is 12.1 Å². The molecule has 0 bridgehead atoms. The van der Waals surface area contributed by atoms with Gasteiger partial charge in [-0.3, -0.25) is 9.69 Å². The number of hydrogen-bond donors (Lipinski definition) is 1. The first-order valence-corrected chi connectivity index (χ1v) is 7.16. The van der Waals surface area contributed by atoms with Gasteiger partial charge in [0.05, 0.1) is 6.54 Å². The van der Waals surface area contributed by atoms with E-state index in [0.29, 0.717) is 25.3 Å². The Bertz CT molecular complexity index is 710. The van der Waals surface area contributed by atoms with E-state index in [9.17, 15) is 9.59 Å². The number of anilines is 1. The second kappa shape index (κ2) is 6.07. The molecule has 1 aromatic carbocycles. The predicted molar refractivity (Wildman–Crippen MR) is 84.4 cm³/mol. The van der Waals surface area contributed by atoms with Crippen molar-refractivity contribution in [1.82, 2.24) is 9.88 Å². The van der Waals surface area contributed by atoms with Crippen molar-refractivity contribution in [3.05, 3.63) is 47.7 Å². The number of pyridine rings is 1. The fourth-order valence-corrected chi connectivity index (χ4v) is 2.59. The largest absolute Gasteiger partial charge is 0.309 e. The number of amides is 1. The maximum Gasteiger partial charge on any atom is 0.239 e. The third-order valence-corrected chi connectivity index (χ3v) is 3.68. The molecular formula is C17H17N3O2. The van der Waals surface area contributed by atoms with Crippen LogP contribution in [0.25, 0.3) is 11.1 Å². The molecule has 1 N–H and O–H groups in total. The average Bonchev–Trinajstić information content (AvgIpc) is 2.64. The van der Waals surface area contributed by atoms with Crippen molar-refractivity contribution in [2.75, 3.05) is 18.9 Å². The van der Waals surface area contributed by atoms with E-state index >= 15 is 0 Å². The Labute approximate surface area is 129 Å². The van der Waals surface area contributed by atoms with E-state index in [4.69, 9.17) is 0 Å². The molecule has 0 saturated heterocycles. The van der Waals surface area contributed by atoms with Crippen molar-refractivity contribution in [3.8, 4) is 11.1 Å². The molecule has 0 spiro atoms. The Kier molecular flexibility index (Phi) is 3.98. The fourth-order valence-electron chi connectivity index (χ4n) is 2.59. The monoisotopic (exact) mass is 295 g/mol. The van der Waals surface area contributed by atoms with Gasteiger partial charge >= 0.3 is 0 Å². The fraction of sp³-hybridized carbons (Fsp3) is 0.235. The van der Waals surface area contributed by atoms with Crippen LogP contribution in [0.5, 0.6) is 0 Å². The number of aromatic nitrogens is 1. The predicted octanol–water partition coefficient (Wildman–Crippen LogP) is 1.87. The van der Waals surface area contributed by atoms with Crippen molar-refractivity contribution >= 4 is 18.0 Å². The highest BCUT2D eigenvalue weighted by atomic mass is 16.2. The molecule has 0 unspecified atom stereocenters. The van der Waals surface area contributed by atoms with E-state index in [1.165, 1.54) is 0 Å².